The Kier molecular flexibility index (Phi) is 3.67. The monoisotopic (exact) mass is 310 g/mol. The summed E-state index contributed by atoms with van der Waals surface area (Å²) >= 11 is 2.61. The molecule has 1 heterocycles. The van der Waals surface area contributed by atoms with Crippen molar-refractivity contribution in [1.82, 2.24) is 9.13 Å². The van der Waals surface area contributed by atoms with Crippen molar-refractivity contribution in [2.45, 2.75) is 49.2 Å². The van der Waals surface area contributed by atoms with Gasteiger partial charge < -0.3 is 0 Å². The molecule has 1 atom stereocenters. The van der Waals surface area contributed by atoms with Gasteiger partial charge in [0.1, 0.15) is 4.17 Å². The number of hydrogen-bond donors (Lipinski definition) is 0. The van der Waals surface area contributed by atoms with Crippen molar-refractivity contribution in [2.75, 3.05) is 6.54 Å². The summed E-state index contributed by atoms with van der Waals surface area (Å²) in [6.07, 6.45) is 7.39. The van der Waals surface area contributed by atoms with Crippen molar-refractivity contribution < 1.29 is 0 Å². The summed E-state index contributed by atoms with van der Waals surface area (Å²) in [5.74, 6) is 0. The predicted octanol–water partition coefficient (Wildman–Crippen LogP) is 1.67. The summed E-state index contributed by atoms with van der Waals surface area (Å²) in [5, 5.41) is 0. The Labute approximate surface area is 97.2 Å². The topological polar surface area (TPSA) is 6.48 Å². The summed E-state index contributed by atoms with van der Waals surface area (Å²) in [7, 11) is -0.000247. The van der Waals surface area contributed by atoms with Gasteiger partial charge >= 0.3 is 0 Å². The number of halogens is 1. The van der Waals surface area contributed by atoms with Gasteiger partial charge in [0.05, 0.1) is 0 Å². The van der Waals surface area contributed by atoms with Gasteiger partial charge in [0.2, 0.25) is 0 Å². The molecule has 0 N–H and O–H groups in total. The highest BCUT2D eigenvalue weighted by Crippen LogP contribution is 2.31. The van der Waals surface area contributed by atoms with Gasteiger partial charge in [-0.1, -0.05) is 26.2 Å². The molecular formula is C9H19IN2Si. The fraction of sp³-hybridized carbons (Fsp3) is 1.00. The zero-order valence-corrected chi connectivity index (χ0v) is 11.9. The first-order valence-electron chi connectivity index (χ1n) is 5.47. The van der Waals surface area contributed by atoms with E-state index < -0.39 is 0 Å². The van der Waals surface area contributed by atoms with Crippen molar-refractivity contribution in [3.63, 3.8) is 0 Å². The van der Waals surface area contributed by atoms with Gasteiger partial charge in [0, 0.05) is 6.04 Å². The van der Waals surface area contributed by atoms with E-state index in [1.54, 1.807) is 0 Å². The van der Waals surface area contributed by atoms with Crippen LogP contribution in [0.4, 0.5) is 0 Å². The van der Waals surface area contributed by atoms with E-state index in [2.05, 4.69) is 38.6 Å². The Morgan fingerprint density at radius 1 is 1.31 bits per heavy atom. The highest BCUT2D eigenvalue weighted by atomic mass is 127. The van der Waals surface area contributed by atoms with Gasteiger partial charge in [0.15, 0.2) is 9.84 Å². The molecule has 0 aromatic carbocycles. The maximum Gasteiger partial charge on any atom is 0.176 e. The SMILES string of the molecule is CCN1[SiH2]N(C2CCCCC2)C1I. The van der Waals surface area contributed by atoms with Gasteiger partial charge in [-0.25, -0.2) is 0 Å². The third kappa shape index (κ3) is 2.10. The molecule has 76 valence electrons. The quantitative estimate of drug-likeness (QED) is 0.331. The van der Waals surface area contributed by atoms with Crippen molar-refractivity contribution in [2.24, 2.45) is 0 Å². The number of alkyl halides is 1. The minimum Gasteiger partial charge on any atom is -0.294 e. The van der Waals surface area contributed by atoms with Crippen LogP contribution in [-0.4, -0.2) is 35.7 Å². The molecule has 1 saturated heterocycles. The van der Waals surface area contributed by atoms with E-state index in [1.165, 1.54) is 38.6 Å². The first-order valence-corrected chi connectivity index (χ1v) is 7.98. The Morgan fingerprint density at radius 3 is 2.54 bits per heavy atom. The number of rotatable bonds is 2. The molecule has 1 saturated carbocycles. The molecule has 0 radical (unpaired) electrons. The lowest BCUT2D eigenvalue weighted by molar-refractivity contribution is 0.119. The van der Waals surface area contributed by atoms with E-state index >= 15 is 0 Å². The molecule has 1 aliphatic heterocycles. The molecule has 0 bridgehead atoms. The third-order valence-electron chi connectivity index (χ3n) is 3.37. The highest BCUT2D eigenvalue weighted by molar-refractivity contribution is 14.1. The van der Waals surface area contributed by atoms with Crippen molar-refractivity contribution in [3.05, 3.63) is 0 Å². The van der Waals surface area contributed by atoms with Crippen LogP contribution in [0.15, 0.2) is 0 Å². The van der Waals surface area contributed by atoms with Crippen LogP contribution in [-0.2, 0) is 0 Å². The highest BCUT2D eigenvalue weighted by Gasteiger charge is 2.38. The third-order valence-corrected chi connectivity index (χ3v) is 8.70. The summed E-state index contributed by atoms with van der Waals surface area (Å²) < 4.78 is 6.22. The molecule has 2 rings (SSSR count). The van der Waals surface area contributed by atoms with E-state index in [4.69, 9.17) is 0 Å². The molecule has 0 amide bonds. The zero-order chi connectivity index (χ0) is 9.26. The van der Waals surface area contributed by atoms with Crippen LogP contribution in [0.1, 0.15) is 39.0 Å². The Balaban J connectivity index is 1.82. The summed E-state index contributed by atoms with van der Waals surface area (Å²) in [6.45, 7) is 3.56. The van der Waals surface area contributed by atoms with Gasteiger partial charge in [-0.05, 0) is 42.0 Å². The summed E-state index contributed by atoms with van der Waals surface area (Å²) in [5.41, 5.74) is 0. The van der Waals surface area contributed by atoms with Crippen LogP contribution in [0.2, 0.25) is 0 Å². The lowest BCUT2D eigenvalue weighted by atomic mass is 9.96. The van der Waals surface area contributed by atoms with E-state index in [0.717, 1.165) is 10.2 Å². The number of nitrogens with zero attached hydrogens (tertiary/aromatic N) is 2. The van der Waals surface area contributed by atoms with Crippen LogP contribution in [0.3, 0.4) is 0 Å². The second kappa shape index (κ2) is 4.59. The molecule has 13 heavy (non-hydrogen) atoms. The fourth-order valence-electron chi connectivity index (χ4n) is 2.41. The maximum atomic E-state index is 2.81. The number of hydrogen-bond acceptors (Lipinski definition) is 2. The summed E-state index contributed by atoms with van der Waals surface area (Å²) in [4.78, 5) is 0. The van der Waals surface area contributed by atoms with E-state index in [9.17, 15) is 0 Å². The van der Waals surface area contributed by atoms with Crippen molar-refractivity contribution in [1.29, 1.82) is 0 Å². The molecule has 2 aliphatic rings. The standard InChI is InChI=1S/C9H19IN2Si/c1-2-11-9(10)12(13-11)8-6-4-3-5-7-8/h8-9H,2-7,13H2,1H3. The second-order valence-corrected chi connectivity index (χ2v) is 7.10. The fourth-order valence-corrected chi connectivity index (χ4v) is 5.93. The normalized spacial score (nSPS) is 35.1. The summed E-state index contributed by atoms with van der Waals surface area (Å²) in [6, 6.07) is 0.963. The first-order chi connectivity index (χ1) is 6.33. The zero-order valence-electron chi connectivity index (χ0n) is 8.38. The van der Waals surface area contributed by atoms with Gasteiger partial charge in [0.25, 0.3) is 0 Å². The van der Waals surface area contributed by atoms with E-state index in [0.29, 0.717) is 0 Å². The average Bonchev–Trinajstić information content (AvgIpc) is 2.18. The predicted molar refractivity (Wildman–Crippen MR) is 67.4 cm³/mol. The molecule has 2 nitrogen and oxygen atoms in total. The first kappa shape index (κ1) is 10.4. The van der Waals surface area contributed by atoms with Crippen LogP contribution >= 0.6 is 22.6 Å². The maximum absolute atomic E-state index is 2.81. The van der Waals surface area contributed by atoms with E-state index in [-0.39, 0.29) is 9.84 Å². The van der Waals surface area contributed by atoms with Crippen molar-refractivity contribution in [3.8, 4) is 0 Å². The molecular weight excluding hydrogens is 291 g/mol. The Morgan fingerprint density at radius 2 is 2.00 bits per heavy atom. The van der Waals surface area contributed by atoms with E-state index in [1.807, 2.05) is 0 Å². The smallest absolute Gasteiger partial charge is 0.176 e. The molecule has 0 aromatic heterocycles. The molecule has 2 fully saturated rings. The van der Waals surface area contributed by atoms with Crippen LogP contribution < -0.4 is 0 Å². The second-order valence-electron chi connectivity index (χ2n) is 4.16. The Bertz CT molecular complexity index is 173. The molecule has 4 heteroatoms. The van der Waals surface area contributed by atoms with Gasteiger partial charge in [-0.2, -0.15) is 0 Å². The average molecular weight is 310 g/mol. The Hall–Kier alpha value is 0.867. The van der Waals surface area contributed by atoms with Crippen LogP contribution in [0.5, 0.6) is 0 Å². The molecule has 0 aromatic rings. The lowest BCUT2D eigenvalue weighted by Crippen LogP contribution is -2.66. The van der Waals surface area contributed by atoms with Gasteiger partial charge in [-0.15, -0.1) is 0 Å². The molecule has 1 unspecified atom stereocenters. The van der Waals surface area contributed by atoms with Crippen LogP contribution in [0.25, 0.3) is 0 Å². The molecule has 0 spiro atoms. The van der Waals surface area contributed by atoms with Gasteiger partial charge in [-0.3, -0.25) is 9.13 Å². The lowest BCUT2D eigenvalue weighted by Gasteiger charge is -2.52. The minimum atomic E-state index is -0.000247. The van der Waals surface area contributed by atoms with Crippen LogP contribution in [0, 0.1) is 0 Å². The van der Waals surface area contributed by atoms with Crippen molar-refractivity contribution >= 4 is 32.4 Å². The largest absolute Gasteiger partial charge is 0.294 e. The minimum absolute atomic E-state index is 0.000247. The molecule has 1 aliphatic carbocycles.